The van der Waals surface area contributed by atoms with Gasteiger partial charge < -0.3 is 15.2 Å². The maximum Gasteiger partial charge on any atom is 0.161 e. The number of nitrogens with two attached hydrogens (primary N) is 1. The molecule has 0 radical (unpaired) electrons. The van der Waals surface area contributed by atoms with Gasteiger partial charge in [-0.15, -0.1) is 0 Å². The molecule has 4 heteroatoms. The van der Waals surface area contributed by atoms with Gasteiger partial charge in [0, 0.05) is 5.92 Å². The van der Waals surface area contributed by atoms with Crippen molar-refractivity contribution in [1.82, 2.24) is 0 Å². The van der Waals surface area contributed by atoms with Crippen LogP contribution < -0.4 is 15.2 Å². The van der Waals surface area contributed by atoms with Crippen LogP contribution >= 0.6 is 0 Å². The molecular formula is C20H26FNO2. The third-order valence-electron chi connectivity index (χ3n) is 3.91. The number of halogens is 1. The molecule has 0 spiro atoms. The number of methoxy groups -OCH3 is 1. The molecule has 0 aliphatic heterocycles. The van der Waals surface area contributed by atoms with Gasteiger partial charge in [0.15, 0.2) is 11.5 Å². The van der Waals surface area contributed by atoms with Gasteiger partial charge in [0.1, 0.15) is 5.82 Å². The summed E-state index contributed by atoms with van der Waals surface area (Å²) >= 11 is 0. The first-order valence-corrected chi connectivity index (χ1v) is 8.28. The van der Waals surface area contributed by atoms with E-state index in [-0.39, 0.29) is 11.7 Å². The second kappa shape index (κ2) is 8.69. The van der Waals surface area contributed by atoms with E-state index >= 15 is 0 Å². The summed E-state index contributed by atoms with van der Waals surface area (Å²) in [6.45, 7) is 5.35. The van der Waals surface area contributed by atoms with E-state index in [4.69, 9.17) is 15.2 Å². The van der Waals surface area contributed by atoms with E-state index in [9.17, 15) is 4.39 Å². The normalized spacial score (nSPS) is 12.2. The summed E-state index contributed by atoms with van der Waals surface area (Å²) in [5.74, 6) is 1.82. The van der Waals surface area contributed by atoms with Crippen LogP contribution in [0.5, 0.6) is 11.5 Å². The molecule has 0 aliphatic rings. The first kappa shape index (κ1) is 18.3. The van der Waals surface area contributed by atoms with Crippen molar-refractivity contribution < 1.29 is 13.9 Å². The van der Waals surface area contributed by atoms with Crippen molar-refractivity contribution in [1.29, 1.82) is 0 Å². The quantitative estimate of drug-likeness (QED) is 0.790. The summed E-state index contributed by atoms with van der Waals surface area (Å²) in [6.07, 6.45) is 0.768. The fourth-order valence-corrected chi connectivity index (χ4v) is 2.57. The zero-order chi connectivity index (χ0) is 17.5. The van der Waals surface area contributed by atoms with Crippen molar-refractivity contribution in [2.75, 3.05) is 20.3 Å². The van der Waals surface area contributed by atoms with Gasteiger partial charge >= 0.3 is 0 Å². The molecule has 24 heavy (non-hydrogen) atoms. The molecule has 0 fully saturated rings. The molecule has 0 aromatic heterocycles. The maximum atomic E-state index is 13.1. The van der Waals surface area contributed by atoms with E-state index in [1.807, 2.05) is 18.2 Å². The molecule has 0 bridgehead atoms. The highest BCUT2D eigenvalue weighted by Gasteiger charge is 2.13. The smallest absolute Gasteiger partial charge is 0.161 e. The van der Waals surface area contributed by atoms with Crippen LogP contribution in [0.1, 0.15) is 30.9 Å². The lowest BCUT2D eigenvalue weighted by atomic mass is 9.92. The molecule has 0 aliphatic carbocycles. The Bertz CT molecular complexity index is 641. The Labute approximate surface area is 143 Å². The minimum atomic E-state index is -0.233. The summed E-state index contributed by atoms with van der Waals surface area (Å²) in [6, 6.07) is 12.5. The van der Waals surface area contributed by atoms with Gasteiger partial charge in [-0.1, -0.05) is 32.0 Å². The van der Waals surface area contributed by atoms with Crippen molar-refractivity contribution in [3.8, 4) is 11.5 Å². The first-order valence-electron chi connectivity index (χ1n) is 8.28. The molecule has 0 heterocycles. The molecule has 0 saturated heterocycles. The van der Waals surface area contributed by atoms with Crippen molar-refractivity contribution >= 4 is 0 Å². The van der Waals surface area contributed by atoms with E-state index in [1.165, 1.54) is 12.1 Å². The maximum absolute atomic E-state index is 13.1. The Hall–Kier alpha value is -2.07. The summed E-state index contributed by atoms with van der Waals surface area (Å²) in [7, 11) is 1.64. The van der Waals surface area contributed by atoms with Crippen LogP contribution in [-0.2, 0) is 6.42 Å². The topological polar surface area (TPSA) is 44.5 Å². The van der Waals surface area contributed by atoms with Gasteiger partial charge in [-0.25, -0.2) is 4.39 Å². The lowest BCUT2D eigenvalue weighted by Crippen LogP contribution is -2.15. The average Bonchev–Trinajstić information content (AvgIpc) is 2.58. The molecule has 2 aromatic rings. The number of rotatable bonds is 8. The molecule has 2 rings (SSSR count). The van der Waals surface area contributed by atoms with Crippen molar-refractivity contribution in [3.05, 3.63) is 59.4 Å². The highest BCUT2D eigenvalue weighted by Crippen LogP contribution is 2.30. The number of hydrogen-bond acceptors (Lipinski definition) is 3. The lowest BCUT2D eigenvalue weighted by Gasteiger charge is -2.18. The minimum absolute atomic E-state index is 0.136. The monoisotopic (exact) mass is 331 g/mol. The van der Waals surface area contributed by atoms with Gasteiger partial charge in [0.05, 0.1) is 13.7 Å². The van der Waals surface area contributed by atoms with Gasteiger partial charge in [-0.3, -0.25) is 0 Å². The third-order valence-corrected chi connectivity index (χ3v) is 3.91. The second-order valence-corrected chi connectivity index (χ2v) is 6.38. The van der Waals surface area contributed by atoms with Crippen molar-refractivity contribution in [3.63, 3.8) is 0 Å². The van der Waals surface area contributed by atoms with Gasteiger partial charge in [-0.2, -0.15) is 0 Å². The summed E-state index contributed by atoms with van der Waals surface area (Å²) in [5.41, 5.74) is 8.09. The molecule has 2 aromatic carbocycles. The molecule has 0 saturated carbocycles. The molecule has 1 atom stereocenters. The highest BCUT2D eigenvalue weighted by molar-refractivity contribution is 5.43. The van der Waals surface area contributed by atoms with Crippen LogP contribution in [0.3, 0.4) is 0 Å². The van der Waals surface area contributed by atoms with Gasteiger partial charge in [0.2, 0.25) is 0 Å². The Balaban J connectivity index is 2.17. The zero-order valence-corrected chi connectivity index (χ0v) is 14.6. The SMILES string of the molecule is COc1ccc(CC(CN)c2ccc(F)cc2)cc1OCC(C)C. The Kier molecular flexibility index (Phi) is 6.62. The van der Waals surface area contributed by atoms with E-state index in [0.29, 0.717) is 19.1 Å². The largest absolute Gasteiger partial charge is 0.493 e. The lowest BCUT2D eigenvalue weighted by molar-refractivity contribution is 0.256. The standard InChI is InChI=1S/C20H26FNO2/c1-14(2)13-24-20-11-15(4-9-19(20)23-3)10-17(12-22)16-5-7-18(21)8-6-16/h4-9,11,14,17H,10,12-13,22H2,1-3H3. The van der Waals surface area contributed by atoms with Gasteiger partial charge in [0.25, 0.3) is 0 Å². The Morgan fingerprint density at radius 1 is 1.04 bits per heavy atom. The van der Waals surface area contributed by atoms with Crippen LogP contribution in [0.2, 0.25) is 0 Å². The zero-order valence-electron chi connectivity index (χ0n) is 14.6. The summed E-state index contributed by atoms with van der Waals surface area (Å²) in [4.78, 5) is 0. The third kappa shape index (κ3) is 4.96. The molecule has 1 unspecified atom stereocenters. The Morgan fingerprint density at radius 3 is 2.33 bits per heavy atom. The number of hydrogen-bond donors (Lipinski definition) is 1. The van der Waals surface area contributed by atoms with Crippen molar-refractivity contribution in [2.24, 2.45) is 11.7 Å². The Morgan fingerprint density at radius 2 is 1.75 bits per heavy atom. The van der Waals surface area contributed by atoms with E-state index in [1.54, 1.807) is 19.2 Å². The molecule has 2 N–H and O–H groups in total. The van der Waals surface area contributed by atoms with E-state index in [0.717, 1.165) is 29.0 Å². The molecule has 0 amide bonds. The molecular weight excluding hydrogens is 305 g/mol. The molecule has 3 nitrogen and oxygen atoms in total. The van der Waals surface area contributed by atoms with Crippen LogP contribution in [-0.4, -0.2) is 20.3 Å². The fourth-order valence-electron chi connectivity index (χ4n) is 2.57. The van der Waals surface area contributed by atoms with Crippen molar-refractivity contribution in [2.45, 2.75) is 26.2 Å². The number of benzene rings is 2. The minimum Gasteiger partial charge on any atom is -0.493 e. The average molecular weight is 331 g/mol. The summed E-state index contributed by atoms with van der Waals surface area (Å²) < 4.78 is 24.3. The van der Waals surface area contributed by atoms with Crippen LogP contribution in [0, 0.1) is 11.7 Å². The predicted octanol–water partition coefficient (Wildman–Crippen LogP) is 4.15. The van der Waals surface area contributed by atoms with Gasteiger partial charge in [-0.05, 0) is 54.3 Å². The summed E-state index contributed by atoms with van der Waals surface area (Å²) in [5, 5.41) is 0. The van der Waals surface area contributed by atoms with Crippen LogP contribution in [0.25, 0.3) is 0 Å². The first-order chi connectivity index (χ1) is 11.5. The van der Waals surface area contributed by atoms with Crippen LogP contribution in [0.15, 0.2) is 42.5 Å². The molecule has 130 valence electrons. The second-order valence-electron chi connectivity index (χ2n) is 6.38. The van der Waals surface area contributed by atoms with E-state index < -0.39 is 0 Å². The van der Waals surface area contributed by atoms with Crippen LogP contribution in [0.4, 0.5) is 4.39 Å². The van der Waals surface area contributed by atoms with E-state index in [2.05, 4.69) is 13.8 Å². The number of ether oxygens (including phenoxy) is 2. The fraction of sp³-hybridized carbons (Fsp3) is 0.400. The predicted molar refractivity (Wildman–Crippen MR) is 95.2 cm³/mol. The highest BCUT2D eigenvalue weighted by atomic mass is 19.1.